The first-order valence-electron chi connectivity index (χ1n) is 4.78. The van der Waals surface area contributed by atoms with E-state index in [1.165, 1.54) is 0 Å². The largest absolute Gasteiger partial charge is 0.308 e. The number of nitrogens with two attached hydrogens (primary N) is 1. The van der Waals surface area contributed by atoms with Gasteiger partial charge in [-0.05, 0) is 0 Å². The molecule has 0 unspecified atom stereocenters. The van der Waals surface area contributed by atoms with Crippen molar-refractivity contribution >= 4 is 17.4 Å². The third-order valence-corrected chi connectivity index (χ3v) is 2.20. The molecular formula is C9H11ClN6. The topological polar surface area (TPSA) is 81.6 Å². The molecule has 2 heterocycles. The monoisotopic (exact) mass is 238 g/mol. The fourth-order valence-electron chi connectivity index (χ4n) is 1.26. The van der Waals surface area contributed by atoms with Gasteiger partial charge < -0.3 is 5.43 Å². The van der Waals surface area contributed by atoms with Crippen LogP contribution in [0.5, 0.6) is 0 Å². The Labute approximate surface area is 97.4 Å². The van der Waals surface area contributed by atoms with E-state index in [0.717, 1.165) is 6.42 Å². The van der Waals surface area contributed by atoms with E-state index in [4.69, 9.17) is 17.4 Å². The van der Waals surface area contributed by atoms with Crippen LogP contribution in [0.2, 0.25) is 5.02 Å². The maximum absolute atomic E-state index is 5.79. The second-order valence-electron chi connectivity index (χ2n) is 3.13. The zero-order chi connectivity index (χ0) is 11.5. The lowest BCUT2D eigenvalue weighted by molar-refractivity contribution is 0.813. The highest BCUT2D eigenvalue weighted by Gasteiger charge is 2.05. The Balaban J connectivity index is 2.47. The molecule has 84 valence electrons. The molecule has 2 aromatic heterocycles. The van der Waals surface area contributed by atoms with Gasteiger partial charge in [-0.3, -0.25) is 0 Å². The fraction of sp³-hybridized carbons (Fsp3) is 0.222. The summed E-state index contributed by atoms with van der Waals surface area (Å²) < 4.78 is 1.57. The summed E-state index contributed by atoms with van der Waals surface area (Å²) in [6.07, 6.45) is 3.94. The standard InChI is InChI=1S/C9H11ClN6/c1-2-7-13-8(15-11)3-9(14-7)16-5-6(10)4-12-16/h3-5H,2,11H2,1H3,(H,13,14,15). The first kappa shape index (κ1) is 10.8. The van der Waals surface area contributed by atoms with Crippen molar-refractivity contribution in [3.05, 3.63) is 29.3 Å². The van der Waals surface area contributed by atoms with Crippen molar-refractivity contribution in [2.24, 2.45) is 5.84 Å². The smallest absolute Gasteiger partial charge is 0.159 e. The highest BCUT2D eigenvalue weighted by Crippen LogP contribution is 2.13. The van der Waals surface area contributed by atoms with Gasteiger partial charge >= 0.3 is 0 Å². The lowest BCUT2D eigenvalue weighted by Crippen LogP contribution is -2.12. The van der Waals surface area contributed by atoms with Gasteiger partial charge in [-0.15, -0.1) is 0 Å². The molecule has 0 amide bonds. The number of nitrogen functional groups attached to an aromatic ring is 1. The summed E-state index contributed by atoms with van der Waals surface area (Å²) in [4.78, 5) is 8.50. The van der Waals surface area contributed by atoms with Gasteiger partial charge in [0.2, 0.25) is 0 Å². The van der Waals surface area contributed by atoms with Crippen LogP contribution in [0.1, 0.15) is 12.7 Å². The third kappa shape index (κ3) is 2.12. The quantitative estimate of drug-likeness (QED) is 0.620. The predicted molar refractivity (Wildman–Crippen MR) is 61.4 cm³/mol. The summed E-state index contributed by atoms with van der Waals surface area (Å²) in [7, 11) is 0. The normalized spacial score (nSPS) is 10.4. The molecule has 7 heteroatoms. The number of aryl methyl sites for hydroxylation is 1. The number of rotatable bonds is 3. The van der Waals surface area contributed by atoms with Gasteiger partial charge in [0.1, 0.15) is 11.6 Å². The van der Waals surface area contributed by atoms with Crippen LogP contribution in [-0.2, 0) is 6.42 Å². The van der Waals surface area contributed by atoms with Crippen LogP contribution in [0.15, 0.2) is 18.5 Å². The van der Waals surface area contributed by atoms with Crippen LogP contribution in [0, 0.1) is 0 Å². The SMILES string of the molecule is CCc1nc(NN)cc(-n2cc(Cl)cn2)n1. The molecule has 16 heavy (non-hydrogen) atoms. The van der Waals surface area contributed by atoms with Crippen LogP contribution >= 0.6 is 11.6 Å². The second-order valence-corrected chi connectivity index (χ2v) is 3.57. The van der Waals surface area contributed by atoms with Crippen molar-refractivity contribution in [1.82, 2.24) is 19.7 Å². The Morgan fingerprint density at radius 3 is 2.88 bits per heavy atom. The molecule has 0 radical (unpaired) electrons. The average Bonchev–Trinajstić information content (AvgIpc) is 2.75. The van der Waals surface area contributed by atoms with E-state index in [2.05, 4.69) is 20.5 Å². The van der Waals surface area contributed by atoms with Gasteiger partial charge in [-0.2, -0.15) is 5.10 Å². The molecule has 0 aliphatic carbocycles. The third-order valence-electron chi connectivity index (χ3n) is 2.01. The molecule has 0 saturated carbocycles. The van der Waals surface area contributed by atoms with Gasteiger partial charge in [0.05, 0.1) is 17.4 Å². The number of nitrogens with one attached hydrogen (secondary N) is 1. The van der Waals surface area contributed by atoms with Crippen LogP contribution < -0.4 is 11.3 Å². The van der Waals surface area contributed by atoms with E-state index >= 15 is 0 Å². The molecule has 3 N–H and O–H groups in total. The maximum Gasteiger partial charge on any atom is 0.159 e. The number of aromatic nitrogens is 4. The first-order chi connectivity index (χ1) is 7.72. The highest BCUT2D eigenvalue weighted by molar-refractivity contribution is 6.30. The van der Waals surface area contributed by atoms with Crippen LogP contribution in [0.3, 0.4) is 0 Å². The van der Waals surface area contributed by atoms with Crippen LogP contribution in [0.4, 0.5) is 5.82 Å². The highest BCUT2D eigenvalue weighted by atomic mass is 35.5. The predicted octanol–water partition coefficient (Wildman–Crippen LogP) is 1.16. The molecule has 0 aliphatic heterocycles. The van der Waals surface area contributed by atoms with Crippen molar-refractivity contribution in [2.45, 2.75) is 13.3 Å². The minimum absolute atomic E-state index is 0.550. The van der Waals surface area contributed by atoms with E-state index in [9.17, 15) is 0 Å². The van der Waals surface area contributed by atoms with Crippen LogP contribution in [-0.4, -0.2) is 19.7 Å². The molecule has 0 atom stereocenters. The number of nitrogens with zero attached hydrogens (tertiary/aromatic N) is 4. The summed E-state index contributed by atoms with van der Waals surface area (Å²) in [6, 6.07) is 1.70. The summed E-state index contributed by atoms with van der Waals surface area (Å²) >= 11 is 5.79. The molecule has 0 bridgehead atoms. The minimum atomic E-state index is 0.550. The number of halogens is 1. The van der Waals surface area contributed by atoms with E-state index in [0.29, 0.717) is 22.5 Å². The molecule has 0 aromatic carbocycles. The van der Waals surface area contributed by atoms with E-state index in [-0.39, 0.29) is 0 Å². The summed E-state index contributed by atoms with van der Waals surface area (Å²) in [5.74, 6) is 7.20. The van der Waals surface area contributed by atoms with Crippen molar-refractivity contribution in [3.8, 4) is 5.82 Å². The molecule has 6 nitrogen and oxygen atoms in total. The van der Waals surface area contributed by atoms with Gasteiger partial charge in [-0.1, -0.05) is 18.5 Å². The molecule has 0 spiro atoms. The Morgan fingerprint density at radius 2 is 2.31 bits per heavy atom. The van der Waals surface area contributed by atoms with E-state index < -0.39 is 0 Å². The second kappa shape index (κ2) is 4.46. The number of anilines is 1. The van der Waals surface area contributed by atoms with Gasteiger partial charge in [0.25, 0.3) is 0 Å². The molecule has 2 rings (SSSR count). The maximum atomic E-state index is 5.79. The minimum Gasteiger partial charge on any atom is -0.308 e. The summed E-state index contributed by atoms with van der Waals surface area (Å²) in [5.41, 5.74) is 2.49. The van der Waals surface area contributed by atoms with Gasteiger partial charge in [0.15, 0.2) is 5.82 Å². The van der Waals surface area contributed by atoms with Crippen molar-refractivity contribution in [1.29, 1.82) is 0 Å². The lowest BCUT2D eigenvalue weighted by atomic mass is 10.4. The summed E-state index contributed by atoms with van der Waals surface area (Å²) in [5, 5.41) is 4.62. The number of hydrogen-bond donors (Lipinski definition) is 2. The Bertz CT molecular complexity index is 472. The van der Waals surface area contributed by atoms with Gasteiger partial charge in [0, 0.05) is 12.5 Å². The Morgan fingerprint density at radius 1 is 1.50 bits per heavy atom. The molecule has 0 saturated heterocycles. The van der Waals surface area contributed by atoms with E-state index in [1.54, 1.807) is 23.1 Å². The summed E-state index contributed by atoms with van der Waals surface area (Å²) in [6.45, 7) is 1.97. The van der Waals surface area contributed by atoms with Crippen molar-refractivity contribution in [3.63, 3.8) is 0 Å². The van der Waals surface area contributed by atoms with Crippen molar-refractivity contribution < 1.29 is 0 Å². The van der Waals surface area contributed by atoms with Gasteiger partial charge in [-0.25, -0.2) is 20.5 Å². The molecule has 0 aliphatic rings. The molecule has 2 aromatic rings. The fourth-order valence-corrected chi connectivity index (χ4v) is 1.39. The molecule has 0 fully saturated rings. The van der Waals surface area contributed by atoms with E-state index in [1.807, 2.05) is 6.92 Å². The van der Waals surface area contributed by atoms with Crippen LogP contribution in [0.25, 0.3) is 5.82 Å². The average molecular weight is 239 g/mol. The lowest BCUT2D eigenvalue weighted by Gasteiger charge is -2.05. The zero-order valence-corrected chi connectivity index (χ0v) is 9.44. The Hall–Kier alpha value is -1.66. The zero-order valence-electron chi connectivity index (χ0n) is 8.68. The molecular weight excluding hydrogens is 228 g/mol. The number of hydrogen-bond acceptors (Lipinski definition) is 5. The first-order valence-corrected chi connectivity index (χ1v) is 5.16. The number of hydrazine groups is 1. The Kier molecular flexibility index (Phi) is 3.02. The van der Waals surface area contributed by atoms with Crippen molar-refractivity contribution in [2.75, 3.05) is 5.43 Å².